The Balaban J connectivity index is 1.93. The zero-order valence-electron chi connectivity index (χ0n) is 14.6. The van der Waals surface area contributed by atoms with Crippen LogP contribution >= 0.6 is 0 Å². The lowest BCUT2D eigenvalue weighted by Crippen LogP contribution is -2.43. The average Bonchev–Trinajstić information content (AvgIpc) is 2.94. The molecule has 24 heavy (non-hydrogen) atoms. The molecule has 0 bridgehead atoms. The van der Waals surface area contributed by atoms with Gasteiger partial charge in [-0.2, -0.15) is 0 Å². The van der Waals surface area contributed by atoms with E-state index in [9.17, 15) is 9.59 Å². The van der Waals surface area contributed by atoms with Gasteiger partial charge < -0.3 is 9.88 Å². The minimum atomic E-state index is -0.283. The van der Waals surface area contributed by atoms with Gasteiger partial charge in [0.05, 0.1) is 0 Å². The third kappa shape index (κ3) is 3.01. The van der Waals surface area contributed by atoms with E-state index in [1.807, 2.05) is 36.9 Å². The van der Waals surface area contributed by atoms with Gasteiger partial charge in [-0.1, -0.05) is 31.2 Å². The van der Waals surface area contributed by atoms with Crippen molar-refractivity contribution >= 4 is 5.91 Å². The van der Waals surface area contributed by atoms with Gasteiger partial charge in [0.2, 0.25) is 0 Å². The predicted octanol–water partition coefficient (Wildman–Crippen LogP) is 3.01. The number of aromatic amines is 1. The summed E-state index contributed by atoms with van der Waals surface area (Å²) >= 11 is 0. The highest BCUT2D eigenvalue weighted by Crippen LogP contribution is 2.26. The van der Waals surface area contributed by atoms with Gasteiger partial charge >= 0.3 is 0 Å². The van der Waals surface area contributed by atoms with E-state index in [4.69, 9.17) is 0 Å². The maximum absolute atomic E-state index is 13.1. The molecule has 1 heterocycles. The van der Waals surface area contributed by atoms with Crippen LogP contribution in [0.1, 0.15) is 46.1 Å². The van der Waals surface area contributed by atoms with Crippen molar-refractivity contribution in [1.82, 2.24) is 9.88 Å². The number of nitrogens with one attached hydrogen (secondary N) is 1. The molecule has 0 radical (unpaired) electrons. The summed E-state index contributed by atoms with van der Waals surface area (Å²) in [5, 5.41) is 0. The Labute approximate surface area is 142 Å². The Morgan fingerprint density at radius 1 is 1.21 bits per heavy atom. The molecule has 1 aliphatic carbocycles. The van der Waals surface area contributed by atoms with E-state index in [1.54, 1.807) is 0 Å². The molecule has 1 aromatic heterocycles. The number of rotatable bonds is 4. The van der Waals surface area contributed by atoms with Crippen LogP contribution in [-0.2, 0) is 12.8 Å². The fourth-order valence-electron chi connectivity index (χ4n) is 3.71. The highest BCUT2D eigenvalue weighted by atomic mass is 16.2. The number of benzene rings is 1. The normalized spacial score (nSPS) is 13.8. The fourth-order valence-corrected chi connectivity index (χ4v) is 3.71. The van der Waals surface area contributed by atoms with Gasteiger partial charge in [-0.25, -0.2) is 0 Å². The highest BCUT2D eigenvalue weighted by molar-refractivity contribution is 5.95. The minimum Gasteiger partial charge on any atom is -0.335 e. The summed E-state index contributed by atoms with van der Waals surface area (Å²) in [6, 6.07) is 10.4. The highest BCUT2D eigenvalue weighted by Gasteiger charge is 2.31. The minimum absolute atomic E-state index is 0.134. The number of H-pyrrole nitrogens is 1. The lowest BCUT2D eigenvalue weighted by molar-refractivity contribution is 0.0682. The number of pyridine rings is 1. The molecule has 0 fully saturated rings. The number of nitrogens with zero attached hydrogens (tertiary/aromatic N) is 1. The number of aromatic nitrogens is 1. The molecule has 1 aromatic carbocycles. The molecule has 0 atom stereocenters. The molecule has 0 spiro atoms. The number of hydrogen-bond donors (Lipinski definition) is 1. The molecule has 4 nitrogen and oxygen atoms in total. The Hall–Kier alpha value is -2.36. The van der Waals surface area contributed by atoms with E-state index >= 15 is 0 Å². The third-order valence-electron chi connectivity index (χ3n) is 4.77. The summed E-state index contributed by atoms with van der Waals surface area (Å²) in [4.78, 5) is 30.1. The van der Waals surface area contributed by atoms with Crippen LogP contribution in [0.25, 0.3) is 0 Å². The lowest BCUT2D eigenvalue weighted by Gasteiger charge is -2.29. The number of carbonyl (C=O) groups excluding carboxylic acids is 1. The predicted molar refractivity (Wildman–Crippen MR) is 95.5 cm³/mol. The first-order valence-corrected chi connectivity index (χ1v) is 8.59. The molecule has 1 N–H and O–H groups in total. The second-order valence-electron chi connectivity index (χ2n) is 6.67. The van der Waals surface area contributed by atoms with E-state index in [1.165, 1.54) is 11.1 Å². The van der Waals surface area contributed by atoms with Gasteiger partial charge in [-0.15, -0.1) is 0 Å². The molecule has 3 rings (SSSR count). The largest absolute Gasteiger partial charge is 0.335 e. The number of hydrogen-bond acceptors (Lipinski definition) is 2. The standard InChI is InChI=1S/C20H24N2O2/c1-4-9-22(17-11-15-7-5-6-8-16(15)12-17)20(24)18-13(2)10-14(3)21-19(18)23/h5-8,10,17H,4,9,11-12H2,1-3H3,(H,21,23). The van der Waals surface area contributed by atoms with Gasteiger partial charge in [0.25, 0.3) is 11.5 Å². The van der Waals surface area contributed by atoms with E-state index in [-0.39, 0.29) is 23.1 Å². The number of carbonyl (C=O) groups is 1. The maximum Gasteiger partial charge on any atom is 0.261 e. The Bertz CT molecular complexity index is 798. The molecule has 0 saturated carbocycles. The molecule has 2 aromatic rings. The van der Waals surface area contributed by atoms with Gasteiger partial charge in [0, 0.05) is 18.3 Å². The molecule has 0 unspecified atom stereocenters. The van der Waals surface area contributed by atoms with E-state index in [2.05, 4.69) is 24.0 Å². The smallest absolute Gasteiger partial charge is 0.261 e. The Kier molecular flexibility index (Phi) is 4.56. The van der Waals surface area contributed by atoms with Crippen molar-refractivity contribution in [2.24, 2.45) is 0 Å². The van der Waals surface area contributed by atoms with Crippen molar-refractivity contribution in [2.75, 3.05) is 6.54 Å². The van der Waals surface area contributed by atoms with E-state index in [0.717, 1.165) is 30.5 Å². The molecule has 126 valence electrons. The molecule has 4 heteroatoms. The van der Waals surface area contributed by atoms with Crippen molar-refractivity contribution < 1.29 is 4.79 Å². The van der Waals surface area contributed by atoms with Crippen molar-refractivity contribution in [1.29, 1.82) is 0 Å². The SMILES string of the molecule is CCCN(C(=O)c1c(C)cc(C)[nH]c1=O)C1Cc2ccccc2C1. The van der Waals surface area contributed by atoms with Crippen LogP contribution in [0, 0.1) is 13.8 Å². The quantitative estimate of drug-likeness (QED) is 0.940. The van der Waals surface area contributed by atoms with Crippen molar-refractivity contribution in [3.8, 4) is 0 Å². The van der Waals surface area contributed by atoms with Crippen LogP contribution in [0.5, 0.6) is 0 Å². The fraction of sp³-hybridized carbons (Fsp3) is 0.400. The summed E-state index contributed by atoms with van der Waals surface area (Å²) in [6.07, 6.45) is 2.61. The van der Waals surface area contributed by atoms with E-state index < -0.39 is 0 Å². The molecule has 1 amide bonds. The van der Waals surface area contributed by atoms with Crippen molar-refractivity contribution in [2.45, 2.75) is 46.1 Å². The molecule has 0 aliphatic heterocycles. The first-order chi connectivity index (χ1) is 11.5. The molecule has 1 aliphatic rings. The molecule has 0 saturated heterocycles. The van der Waals surface area contributed by atoms with Gasteiger partial charge in [-0.3, -0.25) is 9.59 Å². The Morgan fingerprint density at radius 2 is 1.83 bits per heavy atom. The van der Waals surface area contributed by atoms with Gasteiger partial charge in [0.15, 0.2) is 0 Å². The van der Waals surface area contributed by atoms with E-state index in [0.29, 0.717) is 6.54 Å². The van der Waals surface area contributed by atoms with Crippen LogP contribution in [-0.4, -0.2) is 28.4 Å². The van der Waals surface area contributed by atoms with Crippen LogP contribution in [0.3, 0.4) is 0 Å². The van der Waals surface area contributed by atoms with Crippen LogP contribution in [0.4, 0.5) is 0 Å². The zero-order chi connectivity index (χ0) is 17.3. The summed E-state index contributed by atoms with van der Waals surface area (Å²) in [7, 11) is 0. The lowest BCUT2D eigenvalue weighted by atomic mass is 10.1. The number of aryl methyl sites for hydroxylation is 2. The van der Waals surface area contributed by atoms with Crippen LogP contribution in [0.15, 0.2) is 35.1 Å². The summed E-state index contributed by atoms with van der Waals surface area (Å²) < 4.78 is 0. The maximum atomic E-state index is 13.1. The Morgan fingerprint density at radius 3 is 2.38 bits per heavy atom. The number of amides is 1. The van der Waals surface area contributed by atoms with Crippen LogP contribution in [0.2, 0.25) is 0 Å². The van der Waals surface area contributed by atoms with Gasteiger partial charge in [-0.05, 0) is 55.9 Å². The molecular weight excluding hydrogens is 300 g/mol. The average molecular weight is 324 g/mol. The number of fused-ring (bicyclic) bond motifs is 1. The first-order valence-electron chi connectivity index (χ1n) is 8.59. The van der Waals surface area contributed by atoms with Crippen molar-refractivity contribution in [3.05, 3.63) is 68.6 Å². The zero-order valence-corrected chi connectivity index (χ0v) is 14.6. The summed E-state index contributed by atoms with van der Waals surface area (Å²) in [6.45, 7) is 6.40. The van der Waals surface area contributed by atoms with Gasteiger partial charge in [0.1, 0.15) is 5.56 Å². The topological polar surface area (TPSA) is 53.2 Å². The summed E-state index contributed by atoms with van der Waals surface area (Å²) in [5.41, 5.74) is 4.15. The van der Waals surface area contributed by atoms with Crippen LogP contribution < -0.4 is 5.56 Å². The second-order valence-corrected chi connectivity index (χ2v) is 6.67. The monoisotopic (exact) mass is 324 g/mol. The second kappa shape index (κ2) is 6.63. The molecular formula is C20H24N2O2. The summed E-state index contributed by atoms with van der Waals surface area (Å²) in [5.74, 6) is -0.145. The van der Waals surface area contributed by atoms with Crippen molar-refractivity contribution in [3.63, 3.8) is 0 Å². The third-order valence-corrected chi connectivity index (χ3v) is 4.77. The first kappa shape index (κ1) is 16.5.